The lowest BCUT2D eigenvalue weighted by Crippen LogP contribution is -2.54. The number of carbonyl (C=O) groups excluding carboxylic acids is 2. The molecule has 0 radical (unpaired) electrons. The Hall–Kier alpha value is -2.64. The Labute approximate surface area is 152 Å². The van der Waals surface area contributed by atoms with Crippen molar-refractivity contribution >= 4 is 23.3 Å². The van der Waals surface area contributed by atoms with E-state index in [0.29, 0.717) is 19.5 Å². The number of aromatic nitrogens is 3. The Morgan fingerprint density at radius 2 is 1.92 bits per heavy atom. The highest BCUT2D eigenvalue weighted by Gasteiger charge is 2.49. The molecule has 2 aromatic heterocycles. The Balaban J connectivity index is 1.43. The smallest absolute Gasteiger partial charge is 0.228 e. The minimum Gasteiger partial charge on any atom is -0.352 e. The zero-order chi connectivity index (χ0) is 18.5. The van der Waals surface area contributed by atoms with Gasteiger partial charge in [0, 0.05) is 57.6 Å². The van der Waals surface area contributed by atoms with Gasteiger partial charge in [-0.3, -0.25) is 9.59 Å². The zero-order valence-electron chi connectivity index (χ0n) is 15.4. The number of likely N-dealkylation sites (tertiary alicyclic amines) is 1. The first-order chi connectivity index (χ1) is 12.4. The number of amides is 2. The van der Waals surface area contributed by atoms with Crippen LogP contribution >= 0.6 is 0 Å². The number of carbonyl (C=O) groups is 2. The second-order valence-corrected chi connectivity index (χ2v) is 7.60. The van der Waals surface area contributed by atoms with Crippen LogP contribution in [0.25, 0.3) is 5.65 Å². The summed E-state index contributed by atoms with van der Waals surface area (Å²) in [4.78, 5) is 35.0. The van der Waals surface area contributed by atoms with Crippen molar-refractivity contribution in [2.45, 2.75) is 25.8 Å². The standard InChI is InChI=1S/C18H24N6O2/c1-18(2)13(12-16(25)21(18)3)17(26)23-10-8-22(9-11-23)15-5-4-14-19-6-7-24(14)20-15/h4-7,13H,8-12H2,1-3H3. The van der Waals surface area contributed by atoms with E-state index in [1.54, 1.807) is 22.7 Å². The maximum Gasteiger partial charge on any atom is 0.228 e. The number of nitrogens with zero attached hydrogens (tertiary/aromatic N) is 6. The highest BCUT2D eigenvalue weighted by molar-refractivity contribution is 5.91. The first-order valence-electron chi connectivity index (χ1n) is 8.99. The van der Waals surface area contributed by atoms with Gasteiger partial charge in [-0.05, 0) is 26.0 Å². The normalized spacial score (nSPS) is 23.1. The first kappa shape index (κ1) is 16.8. The third kappa shape index (κ3) is 2.60. The molecule has 0 bridgehead atoms. The molecule has 0 aromatic carbocycles. The predicted octanol–water partition coefficient (Wildman–Crippen LogP) is 0.635. The van der Waals surface area contributed by atoms with Gasteiger partial charge in [-0.2, -0.15) is 0 Å². The number of fused-ring (bicyclic) bond motifs is 1. The summed E-state index contributed by atoms with van der Waals surface area (Å²) in [5, 5.41) is 4.57. The van der Waals surface area contributed by atoms with Crippen LogP contribution in [0.2, 0.25) is 0 Å². The van der Waals surface area contributed by atoms with Crippen LogP contribution < -0.4 is 4.90 Å². The Kier molecular flexibility index (Phi) is 3.86. The fourth-order valence-corrected chi connectivity index (χ4v) is 3.86. The van der Waals surface area contributed by atoms with E-state index < -0.39 is 5.54 Å². The Bertz CT molecular complexity index is 852. The van der Waals surface area contributed by atoms with Crippen LogP contribution in [-0.4, -0.2) is 75.0 Å². The van der Waals surface area contributed by atoms with E-state index in [1.807, 2.05) is 37.1 Å². The van der Waals surface area contributed by atoms with E-state index in [2.05, 4.69) is 15.0 Å². The second-order valence-electron chi connectivity index (χ2n) is 7.60. The molecule has 0 aliphatic carbocycles. The molecule has 2 aliphatic heterocycles. The minimum atomic E-state index is -0.431. The van der Waals surface area contributed by atoms with Gasteiger partial charge < -0.3 is 14.7 Å². The van der Waals surface area contributed by atoms with Crippen LogP contribution in [0.3, 0.4) is 0 Å². The van der Waals surface area contributed by atoms with Gasteiger partial charge in [0.1, 0.15) is 5.82 Å². The van der Waals surface area contributed by atoms with Crippen molar-refractivity contribution in [3.8, 4) is 0 Å². The second kappa shape index (κ2) is 5.96. The van der Waals surface area contributed by atoms with E-state index >= 15 is 0 Å². The lowest BCUT2D eigenvalue weighted by molar-refractivity contribution is -0.138. The van der Waals surface area contributed by atoms with Crippen molar-refractivity contribution in [3.63, 3.8) is 0 Å². The van der Waals surface area contributed by atoms with E-state index in [4.69, 9.17) is 0 Å². The molecule has 138 valence electrons. The number of anilines is 1. The van der Waals surface area contributed by atoms with E-state index in [9.17, 15) is 9.59 Å². The van der Waals surface area contributed by atoms with Crippen molar-refractivity contribution in [2.75, 3.05) is 38.1 Å². The van der Waals surface area contributed by atoms with Gasteiger partial charge in [-0.25, -0.2) is 9.50 Å². The molecule has 2 saturated heterocycles. The van der Waals surface area contributed by atoms with Gasteiger partial charge in [0.2, 0.25) is 11.8 Å². The monoisotopic (exact) mass is 356 g/mol. The molecule has 2 amide bonds. The molecular formula is C18H24N6O2. The van der Waals surface area contributed by atoms with Crippen molar-refractivity contribution in [1.29, 1.82) is 0 Å². The summed E-state index contributed by atoms with van der Waals surface area (Å²) in [5.74, 6) is 0.751. The molecule has 0 saturated carbocycles. The van der Waals surface area contributed by atoms with Crippen LogP contribution in [-0.2, 0) is 9.59 Å². The number of rotatable bonds is 2. The van der Waals surface area contributed by atoms with Gasteiger partial charge in [-0.1, -0.05) is 0 Å². The van der Waals surface area contributed by atoms with Crippen molar-refractivity contribution < 1.29 is 9.59 Å². The van der Waals surface area contributed by atoms with Gasteiger partial charge in [0.05, 0.1) is 5.92 Å². The van der Waals surface area contributed by atoms with Crippen molar-refractivity contribution in [1.82, 2.24) is 24.4 Å². The molecule has 8 nitrogen and oxygen atoms in total. The van der Waals surface area contributed by atoms with E-state index in [-0.39, 0.29) is 17.7 Å². The predicted molar refractivity (Wildman–Crippen MR) is 96.7 cm³/mol. The third-order valence-corrected chi connectivity index (χ3v) is 5.92. The fourth-order valence-electron chi connectivity index (χ4n) is 3.86. The summed E-state index contributed by atoms with van der Waals surface area (Å²) < 4.78 is 1.76. The largest absolute Gasteiger partial charge is 0.352 e. The number of hydrogen-bond donors (Lipinski definition) is 0. The van der Waals surface area contributed by atoms with Crippen LogP contribution in [0.1, 0.15) is 20.3 Å². The highest BCUT2D eigenvalue weighted by Crippen LogP contribution is 2.35. The van der Waals surface area contributed by atoms with Gasteiger partial charge in [-0.15, -0.1) is 5.10 Å². The van der Waals surface area contributed by atoms with Gasteiger partial charge >= 0.3 is 0 Å². The van der Waals surface area contributed by atoms with Crippen LogP contribution in [0.15, 0.2) is 24.5 Å². The minimum absolute atomic E-state index is 0.0461. The zero-order valence-corrected chi connectivity index (χ0v) is 15.4. The lowest BCUT2D eigenvalue weighted by atomic mass is 9.87. The average molecular weight is 356 g/mol. The van der Waals surface area contributed by atoms with Gasteiger partial charge in [0.25, 0.3) is 0 Å². The maximum atomic E-state index is 13.0. The third-order valence-electron chi connectivity index (χ3n) is 5.92. The molecule has 26 heavy (non-hydrogen) atoms. The summed E-state index contributed by atoms with van der Waals surface area (Å²) in [5.41, 5.74) is 0.388. The SMILES string of the molecule is CN1C(=O)CC(C(=O)N2CCN(c3ccc4nccn4n3)CC2)C1(C)C. The summed E-state index contributed by atoms with van der Waals surface area (Å²) in [6.07, 6.45) is 3.86. The lowest BCUT2D eigenvalue weighted by Gasteiger charge is -2.39. The quantitative estimate of drug-likeness (QED) is 0.789. The van der Waals surface area contributed by atoms with Crippen molar-refractivity contribution in [2.24, 2.45) is 5.92 Å². The highest BCUT2D eigenvalue weighted by atomic mass is 16.2. The molecule has 8 heteroatoms. The molecule has 0 N–H and O–H groups in total. The topological polar surface area (TPSA) is 74.1 Å². The van der Waals surface area contributed by atoms with Crippen LogP contribution in [0, 0.1) is 5.92 Å². The summed E-state index contributed by atoms with van der Waals surface area (Å²) in [7, 11) is 1.78. The molecule has 4 heterocycles. The molecule has 1 unspecified atom stereocenters. The van der Waals surface area contributed by atoms with Crippen LogP contribution in [0.5, 0.6) is 0 Å². The summed E-state index contributed by atoms with van der Waals surface area (Å²) in [6, 6.07) is 3.91. The number of imidazole rings is 1. The Morgan fingerprint density at radius 1 is 1.19 bits per heavy atom. The molecule has 1 atom stereocenters. The molecule has 2 aliphatic rings. The fraction of sp³-hybridized carbons (Fsp3) is 0.556. The molecular weight excluding hydrogens is 332 g/mol. The first-order valence-corrected chi connectivity index (χ1v) is 8.99. The summed E-state index contributed by atoms with van der Waals surface area (Å²) >= 11 is 0. The van der Waals surface area contributed by atoms with Crippen molar-refractivity contribution in [3.05, 3.63) is 24.5 Å². The molecule has 2 aromatic rings. The molecule has 2 fully saturated rings. The molecule has 4 rings (SSSR count). The van der Waals surface area contributed by atoms with Gasteiger partial charge in [0.15, 0.2) is 5.65 Å². The average Bonchev–Trinajstić information content (AvgIpc) is 3.19. The maximum absolute atomic E-state index is 13.0. The number of hydrogen-bond acceptors (Lipinski definition) is 5. The number of piperazine rings is 1. The Morgan fingerprint density at radius 3 is 2.58 bits per heavy atom. The van der Waals surface area contributed by atoms with Crippen LogP contribution in [0.4, 0.5) is 5.82 Å². The van der Waals surface area contributed by atoms with E-state index in [0.717, 1.165) is 24.6 Å². The molecule has 0 spiro atoms. The van der Waals surface area contributed by atoms with E-state index in [1.165, 1.54) is 0 Å². The summed E-state index contributed by atoms with van der Waals surface area (Å²) in [6.45, 7) is 6.70.